The SMILES string of the molecule is Cc1c2c(c(CC(C)(C)C)c3ccc(CC(C)C)cc13)Oc1cc3ccc(C4CCCC4)cc3c3cc[n+](C)c-2c13. The van der Waals surface area contributed by atoms with E-state index in [9.17, 15) is 0 Å². The molecule has 0 spiro atoms. The number of aryl methyl sites for hydroxylation is 2. The van der Waals surface area contributed by atoms with E-state index in [2.05, 4.69) is 108 Å². The molecule has 41 heavy (non-hydrogen) atoms. The van der Waals surface area contributed by atoms with E-state index in [1.54, 1.807) is 0 Å². The van der Waals surface area contributed by atoms with Gasteiger partial charge in [0.2, 0.25) is 5.69 Å². The second-order valence-electron chi connectivity index (χ2n) is 14.5. The predicted octanol–water partition coefficient (Wildman–Crippen LogP) is 10.5. The number of nitrogens with zero attached hydrogens (tertiary/aromatic N) is 1. The minimum Gasteiger partial charge on any atom is -0.455 e. The molecule has 0 saturated heterocycles. The van der Waals surface area contributed by atoms with E-state index in [0.717, 1.165) is 24.3 Å². The molecule has 0 amide bonds. The quantitative estimate of drug-likeness (QED) is 0.159. The molecule has 210 valence electrons. The van der Waals surface area contributed by atoms with Crippen LogP contribution in [0, 0.1) is 18.3 Å². The van der Waals surface area contributed by atoms with Gasteiger partial charge in [0.15, 0.2) is 6.20 Å². The monoisotopic (exact) mass is 542 g/mol. The van der Waals surface area contributed by atoms with E-state index in [1.807, 2.05) is 0 Å². The topological polar surface area (TPSA) is 13.1 Å². The zero-order valence-corrected chi connectivity index (χ0v) is 25.9. The lowest BCUT2D eigenvalue weighted by Gasteiger charge is -2.28. The molecule has 5 aromatic rings. The van der Waals surface area contributed by atoms with Gasteiger partial charge in [0.05, 0.1) is 10.9 Å². The van der Waals surface area contributed by atoms with E-state index < -0.39 is 0 Å². The van der Waals surface area contributed by atoms with Crippen LogP contribution in [0.1, 0.15) is 88.5 Å². The van der Waals surface area contributed by atoms with Crippen LogP contribution in [0.4, 0.5) is 0 Å². The van der Waals surface area contributed by atoms with Crippen LogP contribution < -0.4 is 9.30 Å². The molecule has 0 radical (unpaired) electrons. The standard InChI is InChI=1S/C39H44NO/c1-23(2)18-25-12-15-29-31(19-25)24(3)35-37-36-30(16-17-40(37)7)32-20-27(26-10-8-9-11-26)13-14-28(32)21-34(36)41-38(35)33(29)22-39(4,5)6/h12-17,19-21,23,26H,8-11,18,22H2,1-7H3/q+1. The minimum atomic E-state index is 0.129. The molecule has 2 nitrogen and oxygen atoms in total. The highest BCUT2D eigenvalue weighted by molar-refractivity contribution is 6.16. The van der Waals surface area contributed by atoms with Crippen LogP contribution in [0.15, 0.2) is 54.7 Å². The molecule has 7 rings (SSSR count). The average molecular weight is 543 g/mol. The first-order chi connectivity index (χ1) is 19.6. The Morgan fingerprint density at radius 3 is 2.41 bits per heavy atom. The van der Waals surface area contributed by atoms with Crippen molar-refractivity contribution in [3.05, 3.63) is 77.0 Å². The molecule has 0 atom stereocenters. The fourth-order valence-electron chi connectivity index (χ4n) is 7.72. The fourth-order valence-corrected chi connectivity index (χ4v) is 7.72. The molecule has 2 aliphatic rings. The Balaban J connectivity index is 1.55. The van der Waals surface area contributed by atoms with E-state index in [0.29, 0.717) is 11.8 Å². The Morgan fingerprint density at radius 1 is 0.902 bits per heavy atom. The molecule has 1 aromatic heterocycles. The Labute approximate surface area is 245 Å². The van der Waals surface area contributed by atoms with Crippen LogP contribution in [-0.4, -0.2) is 0 Å². The van der Waals surface area contributed by atoms with Gasteiger partial charge in [-0.3, -0.25) is 0 Å². The molecular formula is C39H44NO+. The molecule has 2 heterocycles. The lowest BCUT2D eigenvalue weighted by molar-refractivity contribution is -0.659. The Morgan fingerprint density at radius 2 is 1.68 bits per heavy atom. The van der Waals surface area contributed by atoms with Gasteiger partial charge in [-0.2, -0.15) is 0 Å². The number of hydrogen-bond acceptors (Lipinski definition) is 1. The summed E-state index contributed by atoms with van der Waals surface area (Å²) >= 11 is 0. The third kappa shape index (κ3) is 4.42. The Kier molecular flexibility index (Phi) is 6.19. The van der Waals surface area contributed by atoms with Crippen molar-refractivity contribution in [2.75, 3.05) is 0 Å². The van der Waals surface area contributed by atoms with Gasteiger partial charge in [0.25, 0.3) is 0 Å². The highest BCUT2D eigenvalue weighted by Gasteiger charge is 2.34. The van der Waals surface area contributed by atoms with Gasteiger partial charge in [-0.05, 0) is 94.2 Å². The van der Waals surface area contributed by atoms with Crippen molar-refractivity contribution < 1.29 is 9.30 Å². The maximum atomic E-state index is 7.09. The highest BCUT2D eigenvalue weighted by Crippen LogP contribution is 2.53. The predicted molar refractivity (Wildman–Crippen MR) is 173 cm³/mol. The summed E-state index contributed by atoms with van der Waals surface area (Å²) in [7, 11) is 2.20. The maximum Gasteiger partial charge on any atom is 0.228 e. The molecule has 0 N–H and O–H groups in total. The number of fused-ring (bicyclic) bond motifs is 5. The first-order valence-corrected chi connectivity index (χ1v) is 15.7. The van der Waals surface area contributed by atoms with E-state index >= 15 is 0 Å². The average Bonchev–Trinajstić information content (AvgIpc) is 3.46. The molecule has 1 saturated carbocycles. The smallest absolute Gasteiger partial charge is 0.228 e. The van der Waals surface area contributed by atoms with Crippen LogP contribution in [-0.2, 0) is 19.9 Å². The van der Waals surface area contributed by atoms with Crippen molar-refractivity contribution in [1.29, 1.82) is 0 Å². The molecule has 1 aliphatic heterocycles. The van der Waals surface area contributed by atoms with Gasteiger partial charge in [0, 0.05) is 17.0 Å². The molecule has 0 unspecified atom stereocenters. The second-order valence-corrected chi connectivity index (χ2v) is 14.5. The van der Waals surface area contributed by atoms with Crippen LogP contribution in [0.3, 0.4) is 0 Å². The third-order valence-corrected chi connectivity index (χ3v) is 9.54. The summed E-state index contributed by atoms with van der Waals surface area (Å²) in [6.45, 7) is 13.9. The number of hydrogen-bond donors (Lipinski definition) is 0. The number of aromatic nitrogens is 1. The molecular weight excluding hydrogens is 498 g/mol. The number of ether oxygens (including phenoxy) is 1. The van der Waals surface area contributed by atoms with E-state index in [4.69, 9.17) is 4.74 Å². The van der Waals surface area contributed by atoms with Crippen LogP contribution in [0.5, 0.6) is 11.5 Å². The van der Waals surface area contributed by atoms with Crippen LogP contribution in [0.2, 0.25) is 0 Å². The van der Waals surface area contributed by atoms with Crippen molar-refractivity contribution in [2.45, 2.75) is 86.0 Å². The summed E-state index contributed by atoms with van der Waals surface area (Å²) in [5, 5.41) is 7.89. The highest BCUT2D eigenvalue weighted by atomic mass is 16.5. The maximum absolute atomic E-state index is 7.09. The fraction of sp³-hybridized carbons (Fsp3) is 0.410. The largest absolute Gasteiger partial charge is 0.455 e. The Hall–Kier alpha value is -3.39. The zero-order chi connectivity index (χ0) is 28.6. The molecule has 0 bridgehead atoms. The summed E-state index contributed by atoms with van der Waals surface area (Å²) in [6, 6.07) is 19.0. The minimum absolute atomic E-state index is 0.129. The lowest BCUT2D eigenvalue weighted by atomic mass is 9.81. The molecule has 1 fully saturated rings. The van der Waals surface area contributed by atoms with E-state index in [-0.39, 0.29) is 5.41 Å². The van der Waals surface area contributed by atoms with Gasteiger partial charge in [-0.1, -0.05) is 83.9 Å². The summed E-state index contributed by atoms with van der Waals surface area (Å²) in [5.41, 5.74) is 8.27. The van der Waals surface area contributed by atoms with Gasteiger partial charge in [-0.15, -0.1) is 0 Å². The number of rotatable bonds is 4. The van der Waals surface area contributed by atoms with Crippen molar-refractivity contribution in [1.82, 2.24) is 0 Å². The Bertz CT molecular complexity index is 1850. The summed E-state index contributed by atoms with van der Waals surface area (Å²) < 4.78 is 9.42. The van der Waals surface area contributed by atoms with Crippen LogP contribution in [0.25, 0.3) is 43.6 Å². The third-order valence-electron chi connectivity index (χ3n) is 9.54. The first-order valence-electron chi connectivity index (χ1n) is 15.7. The van der Waals surface area contributed by atoms with Crippen molar-refractivity contribution in [3.8, 4) is 22.8 Å². The molecule has 2 heteroatoms. The summed E-state index contributed by atoms with van der Waals surface area (Å²) in [6.07, 6.45) is 9.67. The lowest BCUT2D eigenvalue weighted by Crippen LogP contribution is -2.32. The zero-order valence-electron chi connectivity index (χ0n) is 25.9. The van der Waals surface area contributed by atoms with Crippen molar-refractivity contribution >= 4 is 32.3 Å². The van der Waals surface area contributed by atoms with Gasteiger partial charge in [0.1, 0.15) is 18.5 Å². The van der Waals surface area contributed by atoms with Gasteiger partial charge >= 0.3 is 0 Å². The summed E-state index contributed by atoms with van der Waals surface area (Å²) in [4.78, 5) is 0. The first kappa shape index (κ1) is 26.5. The molecule has 1 aliphatic carbocycles. The second kappa shape index (κ2) is 9.58. The number of pyridine rings is 1. The number of benzene rings is 4. The van der Waals surface area contributed by atoms with Crippen molar-refractivity contribution in [3.63, 3.8) is 0 Å². The normalized spacial score (nSPS) is 15.3. The van der Waals surface area contributed by atoms with Crippen molar-refractivity contribution in [2.24, 2.45) is 18.4 Å². The van der Waals surface area contributed by atoms with E-state index in [1.165, 1.54) is 91.5 Å². The molecule has 4 aromatic carbocycles. The van der Waals surface area contributed by atoms with Gasteiger partial charge < -0.3 is 4.74 Å². The van der Waals surface area contributed by atoms with Crippen LogP contribution >= 0.6 is 0 Å². The van der Waals surface area contributed by atoms with Gasteiger partial charge in [-0.25, -0.2) is 4.57 Å². The summed E-state index contributed by atoms with van der Waals surface area (Å²) in [5.74, 6) is 3.37.